The Kier molecular flexibility index (Phi) is 5.96. The molecule has 0 saturated heterocycles. The van der Waals surface area contributed by atoms with E-state index < -0.39 is 0 Å². The lowest BCUT2D eigenvalue weighted by Gasteiger charge is -2.12. The summed E-state index contributed by atoms with van der Waals surface area (Å²) in [5, 5.41) is 5.86. The first kappa shape index (κ1) is 18.8. The Hall–Kier alpha value is -3.02. The molecule has 27 heavy (non-hydrogen) atoms. The summed E-state index contributed by atoms with van der Waals surface area (Å²) in [6.45, 7) is 0. The first-order chi connectivity index (χ1) is 13.1. The van der Waals surface area contributed by atoms with Gasteiger partial charge in [-0.1, -0.05) is 12.8 Å². The van der Waals surface area contributed by atoms with Crippen LogP contribution in [0.4, 0.5) is 5.69 Å². The SMILES string of the molecule is COc1ccc(NC(=O)c2ccc(C(=O)NC3CCCC3)cc2)cc1OC. The van der Waals surface area contributed by atoms with E-state index in [9.17, 15) is 9.59 Å². The van der Waals surface area contributed by atoms with E-state index in [1.807, 2.05) is 0 Å². The maximum atomic E-state index is 12.4. The van der Waals surface area contributed by atoms with E-state index in [2.05, 4.69) is 10.6 Å². The van der Waals surface area contributed by atoms with Crippen molar-refractivity contribution in [2.45, 2.75) is 31.7 Å². The maximum Gasteiger partial charge on any atom is 0.255 e. The van der Waals surface area contributed by atoms with Crippen LogP contribution < -0.4 is 20.1 Å². The molecule has 6 heteroatoms. The number of carbonyl (C=O) groups excluding carboxylic acids is 2. The van der Waals surface area contributed by atoms with Crippen molar-refractivity contribution in [2.75, 3.05) is 19.5 Å². The van der Waals surface area contributed by atoms with Crippen LogP contribution >= 0.6 is 0 Å². The second kappa shape index (κ2) is 8.58. The van der Waals surface area contributed by atoms with Gasteiger partial charge in [0.05, 0.1) is 14.2 Å². The molecular formula is C21H24N2O4. The molecule has 0 aromatic heterocycles. The fourth-order valence-electron chi connectivity index (χ4n) is 3.23. The number of amides is 2. The molecule has 6 nitrogen and oxygen atoms in total. The summed E-state index contributed by atoms with van der Waals surface area (Å²) >= 11 is 0. The summed E-state index contributed by atoms with van der Waals surface area (Å²) in [6, 6.07) is 12.1. The molecule has 2 aromatic rings. The van der Waals surface area contributed by atoms with Crippen LogP contribution in [0, 0.1) is 0 Å². The molecule has 2 N–H and O–H groups in total. The zero-order chi connectivity index (χ0) is 19.2. The van der Waals surface area contributed by atoms with Crippen LogP contribution in [0.15, 0.2) is 42.5 Å². The minimum atomic E-state index is -0.259. The third kappa shape index (κ3) is 4.58. The van der Waals surface area contributed by atoms with Gasteiger partial charge < -0.3 is 20.1 Å². The lowest BCUT2D eigenvalue weighted by Crippen LogP contribution is -2.32. The predicted octanol–water partition coefficient (Wildman–Crippen LogP) is 3.63. The highest BCUT2D eigenvalue weighted by Crippen LogP contribution is 2.29. The number of nitrogens with one attached hydrogen (secondary N) is 2. The first-order valence-electron chi connectivity index (χ1n) is 9.05. The van der Waals surface area contributed by atoms with E-state index in [4.69, 9.17) is 9.47 Å². The highest BCUT2D eigenvalue weighted by molar-refractivity contribution is 6.05. The van der Waals surface area contributed by atoms with E-state index in [0.717, 1.165) is 12.8 Å². The van der Waals surface area contributed by atoms with Gasteiger partial charge in [-0.3, -0.25) is 9.59 Å². The molecule has 0 heterocycles. The minimum absolute atomic E-state index is 0.0891. The van der Waals surface area contributed by atoms with Gasteiger partial charge in [0.1, 0.15) is 0 Å². The van der Waals surface area contributed by atoms with Crippen LogP contribution in [-0.2, 0) is 0 Å². The quantitative estimate of drug-likeness (QED) is 0.816. The number of carbonyl (C=O) groups is 2. The monoisotopic (exact) mass is 368 g/mol. The van der Waals surface area contributed by atoms with E-state index in [1.165, 1.54) is 12.8 Å². The summed E-state index contributed by atoms with van der Waals surface area (Å²) in [5.74, 6) is 0.779. The largest absolute Gasteiger partial charge is 0.493 e. The second-order valence-corrected chi connectivity index (χ2v) is 6.56. The number of anilines is 1. The lowest BCUT2D eigenvalue weighted by molar-refractivity contribution is 0.0936. The molecule has 0 atom stereocenters. The second-order valence-electron chi connectivity index (χ2n) is 6.56. The third-order valence-corrected chi connectivity index (χ3v) is 4.74. The Morgan fingerprint density at radius 1 is 0.852 bits per heavy atom. The van der Waals surface area contributed by atoms with Crippen molar-refractivity contribution in [1.82, 2.24) is 5.32 Å². The number of hydrogen-bond acceptors (Lipinski definition) is 4. The van der Waals surface area contributed by atoms with Crippen molar-refractivity contribution >= 4 is 17.5 Å². The van der Waals surface area contributed by atoms with Gasteiger partial charge in [-0.15, -0.1) is 0 Å². The van der Waals surface area contributed by atoms with E-state index >= 15 is 0 Å². The average Bonchev–Trinajstić information content (AvgIpc) is 3.21. The summed E-state index contributed by atoms with van der Waals surface area (Å²) in [7, 11) is 3.10. The first-order valence-corrected chi connectivity index (χ1v) is 9.05. The van der Waals surface area contributed by atoms with Crippen LogP contribution in [0.5, 0.6) is 11.5 Å². The van der Waals surface area contributed by atoms with Crippen LogP contribution in [0.3, 0.4) is 0 Å². The molecule has 0 spiro atoms. The molecule has 0 aliphatic heterocycles. The van der Waals surface area contributed by atoms with Gasteiger partial charge in [-0.2, -0.15) is 0 Å². The van der Waals surface area contributed by atoms with Gasteiger partial charge in [0.25, 0.3) is 11.8 Å². The van der Waals surface area contributed by atoms with Crippen molar-refractivity contribution < 1.29 is 19.1 Å². The average molecular weight is 368 g/mol. The number of methoxy groups -OCH3 is 2. The van der Waals surface area contributed by atoms with Crippen LogP contribution in [0.1, 0.15) is 46.4 Å². The summed E-state index contributed by atoms with van der Waals surface area (Å²) < 4.78 is 10.4. The minimum Gasteiger partial charge on any atom is -0.493 e. The zero-order valence-electron chi connectivity index (χ0n) is 15.6. The Morgan fingerprint density at radius 2 is 1.44 bits per heavy atom. The Bertz CT molecular complexity index is 811. The molecule has 2 aromatic carbocycles. The van der Waals surface area contributed by atoms with Crippen LogP contribution in [-0.4, -0.2) is 32.1 Å². The van der Waals surface area contributed by atoms with E-state index in [-0.39, 0.29) is 17.9 Å². The molecule has 2 amide bonds. The summed E-state index contributed by atoms with van der Waals surface area (Å²) in [4.78, 5) is 24.7. The van der Waals surface area contributed by atoms with E-state index in [0.29, 0.717) is 28.3 Å². The lowest BCUT2D eigenvalue weighted by atomic mass is 10.1. The molecule has 0 unspecified atom stereocenters. The Labute approximate surface area is 158 Å². The molecule has 1 aliphatic rings. The van der Waals surface area contributed by atoms with Gasteiger partial charge in [-0.25, -0.2) is 0 Å². The molecule has 0 radical (unpaired) electrons. The van der Waals surface area contributed by atoms with Crippen molar-refractivity contribution in [3.05, 3.63) is 53.6 Å². The van der Waals surface area contributed by atoms with Crippen molar-refractivity contribution in [1.29, 1.82) is 0 Å². The fourth-order valence-corrected chi connectivity index (χ4v) is 3.23. The molecular weight excluding hydrogens is 344 g/mol. The van der Waals surface area contributed by atoms with Gasteiger partial charge >= 0.3 is 0 Å². The zero-order valence-corrected chi connectivity index (χ0v) is 15.6. The molecule has 1 aliphatic carbocycles. The maximum absolute atomic E-state index is 12.4. The number of hydrogen-bond donors (Lipinski definition) is 2. The summed E-state index contributed by atoms with van der Waals surface area (Å²) in [6.07, 6.45) is 4.41. The Morgan fingerprint density at radius 3 is 2.04 bits per heavy atom. The Balaban J connectivity index is 1.64. The summed E-state index contributed by atoms with van der Waals surface area (Å²) in [5.41, 5.74) is 1.63. The van der Waals surface area contributed by atoms with Crippen molar-refractivity contribution in [2.24, 2.45) is 0 Å². The van der Waals surface area contributed by atoms with Crippen molar-refractivity contribution in [3.8, 4) is 11.5 Å². The third-order valence-electron chi connectivity index (χ3n) is 4.74. The molecule has 1 fully saturated rings. The van der Waals surface area contributed by atoms with Gasteiger partial charge in [0.15, 0.2) is 11.5 Å². The molecule has 0 bridgehead atoms. The van der Waals surface area contributed by atoms with E-state index in [1.54, 1.807) is 56.7 Å². The van der Waals surface area contributed by atoms with Gasteiger partial charge in [0.2, 0.25) is 0 Å². The normalized spacial score (nSPS) is 13.9. The van der Waals surface area contributed by atoms with Crippen LogP contribution in [0.25, 0.3) is 0 Å². The van der Waals surface area contributed by atoms with Crippen molar-refractivity contribution in [3.63, 3.8) is 0 Å². The van der Waals surface area contributed by atoms with Crippen LogP contribution in [0.2, 0.25) is 0 Å². The van der Waals surface area contributed by atoms with Gasteiger partial charge in [0, 0.05) is 28.9 Å². The molecule has 1 saturated carbocycles. The molecule has 3 rings (SSSR count). The number of ether oxygens (including phenoxy) is 2. The number of rotatable bonds is 6. The molecule has 142 valence electrons. The smallest absolute Gasteiger partial charge is 0.255 e. The highest BCUT2D eigenvalue weighted by atomic mass is 16.5. The fraction of sp³-hybridized carbons (Fsp3) is 0.333. The topological polar surface area (TPSA) is 76.7 Å². The standard InChI is InChI=1S/C21H24N2O4/c1-26-18-12-11-17(13-19(18)27-2)23-21(25)15-9-7-14(8-10-15)20(24)22-16-5-3-4-6-16/h7-13,16H,3-6H2,1-2H3,(H,22,24)(H,23,25). The number of benzene rings is 2. The van der Waals surface area contributed by atoms with Gasteiger partial charge in [-0.05, 0) is 49.2 Å². The highest BCUT2D eigenvalue weighted by Gasteiger charge is 2.18. The predicted molar refractivity (Wildman–Crippen MR) is 104 cm³/mol.